The lowest BCUT2D eigenvalue weighted by Crippen LogP contribution is -2.22. The number of aromatic hydroxyl groups is 1. The fraction of sp³-hybridized carbons (Fsp3) is 0.136. The molecule has 30 heavy (non-hydrogen) atoms. The van der Waals surface area contributed by atoms with Gasteiger partial charge in [0.2, 0.25) is 5.95 Å². The molecule has 0 aliphatic rings. The van der Waals surface area contributed by atoms with Gasteiger partial charge in [-0.25, -0.2) is 4.98 Å². The number of phenols is 1. The molecule has 0 bridgehead atoms. The van der Waals surface area contributed by atoms with E-state index in [0.717, 1.165) is 11.0 Å². The van der Waals surface area contributed by atoms with E-state index in [1.165, 1.54) is 4.90 Å². The minimum Gasteiger partial charge on any atom is -0.506 e. The number of fused-ring (bicyclic) bond motifs is 1. The number of para-hydroxylation sites is 2. The van der Waals surface area contributed by atoms with Crippen molar-refractivity contribution in [1.29, 1.82) is 0 Å². The number of hydrogen-bond donors (Lipinski definition) is 2. The Morgan fingerprint density at radius 3 is 2.63 bits per heavy atom. The molecule has 0 unspecified atom stereocenters. The number of imidazole rings is 1. The van der Waals surface area contributed by atoms with Crippen LogP contribution in [0.3, 0.4) is 0 Å². The summed E-state index contributed by atoms with van der Waals surface area (Å²) in [7, 11) is 5.24. The first kappa shape index (κ1) is 19.3. The standard InChI is InChI=1S/C22H21N5O3/c1-26(2)21(29)18-13-15(10-11-23-18)30-14-8-9-19-17(12-14)25-22(27(19)3)24-16-6-4-5-7-20(16)28/h4-13,28H,1-3H3,(H,24,25). The molecule has 8 heteroatoms. The van der Waals surface area contributed by atoms with Crippen LogP contribution in [0.4, 0.5) is 11.6 Å². The van der Waals surface area contributed by atoms with E-state index in [1.807, 2.05) is 35.9 Å². The smallest absolute Gasteiger partial charge is 0.272 e. The van der Waals surface area contributed by atoms with Crippen molar-refractivity contribution in [3.63, 3.8) is 0 Å². The predicted octanol–water partition coefficient (Wildman–Crippen LogP) is 3.91. The second-order valence-corrected chi connectivity index (χ2v) is 6.97. The van der Waals surface area contributed by atoms with Gasteiger partial charge >= 0.3 is 0 Å². The van der Waals surface area contributed by atoms with Crippen LogP contribution >= 0.6 is 0 Å². The lowest BCUT2D eigenvalue weighted by Gasteiger charge is -2.11. The van der Waals surface area contributed by atoms with Crippen LogP contribution in [-0.2, 0) is 7.05 Å². The van der Waals surface area contributed by atoms with Gasteiger partial charge < -0.3 is 24.6 Å². The molecule has 2 aromatic carbocycles. The third-order valence-electron chi connectivity index (χ3n) is 4.60. The van der Waals surface area contributed by atoms with Gasteiger partial charge in [-0.3, -0.25) is 9.78 Å². The Kier molecular flexibility index (Phi) is 4.97. The number of aromatic nitrogens is 3. The summed E-state index contributed by atoms with van der Waals surface area (Å²) < 4.78 is 7.82. The second-order valence-electron chi connectivity index (χ2n) is 6.97. The van der Waals surface area contributed by atoms with E-state index < -0.39 is 0 Å². The van der Waals surface area contributed by atoms with Crippen LogP contribution in [0.25, 0.3) is 11.0 Å². The molecule has 0 fully saturated rings. The molecule has 4 rings (SSSR count). The molecule has 8 nitrogen and oxygen atoms in total. The lowest BCUT2D eigenvalue weighted by molar-refractivity contribution is 0.0821. The Bertz CT molecular complexity index is 1230. The Labute approximate surface area is 173 Å². The zero-order valence-corrected chi connectivity index (χ0v) is 16.8. The van der Waals surface area contributed by atoms with Gasteiger partial charge in [0.15, 0.2) is 0 Å². The van der Waals surface area contributed by atoms with Gasteiger partial charge in [0, 0.05) is 39.5 Å². The first-order valence-corrected chi connectivity index (χ1v) is 9.29. The van der Waals surface area contributed by atoms with E-state index in [4.69, 9.17) is 4.74 Å². The topological polar surface area (TPSA) is 92.5 Å². The number of carbonyl (C=O) groups excluding carboxylic acids is 1. The minimum atomic E-state index is -0.194. The van der Waals surface area contributed by atoms with Crippen molar-refractivity contribution in [1.82, 2.24) is 19.4 Å². The molecule has 2 N–H and O–H groups in total. The molecule has 0 saturated heterocycles. The average molecular weight is 403 g/mol. The molecule has 0 aliphatic heterocycles. The van der Waals surface area contributed by atoms with Gasteiger partial charge in [-0.15, -0.1) is 0 Å². The van der Waals surface area contributed by atoms with Crippen molar-refractivity contribution in [2.45, 2.75) is 0 Å². The highest BCUT2D eigenvalue weighted by Crippen LogP contribution is 2.30. The highest BCUT2D eigenvalue weighted by Gasteiger charge is 2.13. The number of benzene rings is 2. The van der Waals surface area contributed by atoms with Crippen LogP contribution in [0.1, 0.15) is 10.5 Å². The van der Waals surface area contributed by atoms with E-state index in [1.54, 1.807) is 50.6 Å². The molecule has 2 heterocycles. The van der Waals surface area contributed by atoms with Crippen LogP contribution in [0.2, 0.25) is 0 Å². The number of amides is 1. The van der Waals surface area contributed by atoms with Crippen LogP contribution in [0, 0.1) is 0 Å². The summed E-state index contributed by atoms with van der Waals surface area (Å²) >= 11 is 0. The fourth-order valence-electron chi connectivity index (χ4n) is 3.01. The molecule has 0 atom stereocenters. The monoisotopic (exact) mass is 403 g/mol. The molecule has 0 aliphatic carbocycles. The van der Waals surface area contributed by atoms with Gasteiger partial charge in [0.05, 0.1) is 16.7 Å². The van der Waals surface area contributed by atoms with Crippen LogP contribution < -0.4 is 10.1 Å². The van der Waals surface area contributed by atoms with Crippen LogP contribution in [0.5, 0.6) is 17.2 Å². The van der Waals surface area contributed by atoms with Crippen molar-refractivity contribution in [2.24, 2.45) is 7.05 Å². The SMILES string of the molecule is CN(C)C(=O)c1cc(Oc2ccc3c(c2)nc(Nc2ccccc2O)n3C)ccn1. The molecular formula is C22H21N5O3. The maximum absolute atomic E-state index is 12.1. The average Bonchev–Trinajstić information content (AvgIpc) is 3.04. The maximum atomic E-state index is 12.1. The normalized spacial score (nSPS) is 10.8. The summed E-state index contributed by atoms with van der Waals surface area (Å²) in [5, 5.41) is 13.1. The third kappa shape index (κ3) is 3.75. The summed E-state index contributed by atoms with van der Waals surface area (Å²) in [6.45, 7) is 0. The predicted molar refractivity (Wildman–Crippen MR) is 114 cm³/mol. The van der Waals surface area contributed by atoms with E-state index in [0.29, 0.717) is 28.8 Å². The van der Waals surface area contributed by atoms with Gasteiger partial charge in [-0.05, 0) is 30.3 Å². The number of pyridine rings is 1. The van der Waals surface area contributed by atoms with Crippen molar-refractivity contribution in [3.8, 4) is 17.2 Å². The number of nitrogens with zero attached hydrogens (tertiary/aromatic N) is 4. The van der Waals surface area contributed by atoms with Gasteiger partial charge in [-0.2, -0.15) is 0 Å². The highest BCUT2D eigenvalue weighted by molar-refractivity contribution is 5.92. The van der Waals surface area contributed by atoms with Crippen molar-refractivity contribution in [3.05, 3.63) is 66.5 Å². The van der Waals surface area contributed by atoms with E-state index in [2.05, 4.69) is 15.3 Å². The van der Waals surface area contributed by atoms with E-state index in [9.17, 15) is 9.90 Å². The van der Waals surface area contributed by atoms with Crippen LogP contribution in [0.15, 0.2) is 60.8 Å². The molecule has 152 valence electrons. The summed E-state index contributed by atoms with van der Waals surface area (Å²) in [6.07, 6.45) is 1.54. The number of ether oxygens (including phenoxy) is 1. The number of phenolic OH excluding ortho intramolecular Hbond substituents is 1. The second kappa shape index (κ2) is 7.75. The highest BCUT2D eigenvalue weighted by atomic mass is 16.5. The minimum absolute atomic E-state index is 0.148. The van der Waals surface area contributed by atoms with Crippen molar-refractivity contribution < 1.29 is 14.6 Å². The van der Waals surface area contributed by atoms with Gasteiger partial charge in [-0.1, -0.05) is 12.1 Å². The first-order chi connectivity index (χ1) is 14.4. The van der Waals surface area contributed by atoms with E-state index in [-0.39, 0.29) is 11.7 Å². The lowest BCUT2D eigenvalue weighted by atomic mass is 10.3. The number of anilines is 2. The third-order valence-corrected chi connectivity index (χ3v) is 4.60. The summed E-state index contributed by atoms with van der Waals surface area (Å²) in [4.78, 5) is 22.3. The Hall–Kier alpha value is -4.07. The molecule has 1 amide bonds. The van der Waals surface area contributed by atoms with Crippen molar-refractivity contribution in [2.75, 3.05) is 19.4 Å². The first-order valence-electron chi connectivity index (χ1n) is 9.29. The molecule has 0 saturated carbocycles. The fourth-order valence-corrected chi connectivity index (χ4v) is 3.01. The summed E-state index contributed by atoms with van der Waals surface area (Å²) in [5.74, 6) is 1.64. The quantitative estimate of drug-likeness (QED) is 0.491. The number of rotatable bonds is 5. The van der Waals surface area contributed by atoms with E-state index >= 15 is 0 Å². The molecule has 0 spiro atoms. The summed E-state index contributed by atoms with van der Waals surface area (Å²) in [6, 6.07) is 15.8. The molecule has 4 aromatic rings. The molecule has 2 aromatic heterocycles. The number of hydrogen-bond acceptors (Lipinski definition) is 6. The Morgan fingerprint density at radius 2 is 1.87 bits per heavy atom. The molecular weight excluding hydrogens is 382 g/mol. The van der Waals surface area contributed by atoms with Crippen molar-refractivity contribution >= 4 is 28.6 Å². The maximum Gasteiger partial charge on any atom is 0.272 e. The summed E-state index contributed by atoms with van der Waals surface area (Å²) in [5.41, 5.74) is 2.51. The van der Waals surface area contributed by atoms with Crippen LogP contribution in [-0.4, -0.2) is 44.5 Å². The zero-order valence-electron chi connectivity index (χ0n) is 16.8. The number of nitrogens with one attached hydrogen (secondary N) is 1. The number of carbonyl (C=O) groups is 1. The Balaban J connectivity index is 1.61. The zero-order chi connectivity index (χ0) is 21.3. The Morgan fingerprint density at radius 1 is 1.10 bits per heavy atom. The number of aryl methyl sites for hydroxylation is 1. The largest absolute Gasteiger partial charge is 0.506 e. The van der Waals surface area contributed by atoms with Gasteiger partial charge in [0.25, 0.3) is 5.91 Å². The molecule has 0 radical (unpaired) electrons. The van der Waals surface area contributed by atoms with Gasteiger partial charge in [0.1, 0.15) is 22.9 Å².